The highest BCUT2D eigenvalue weighted by atomic mass is 16.3. The lowest BCUT2D eigenvalue weighted by molar-refractivity contribution is 0.317. The number of phenolic OH excluding ortho intramolecular Hbond substituents is 2. The Bertz CT molecular complexity index is 1190. The van der Waals surface area contributed by atoms with Gasteiger partial charge in [0.25, 0.3) is 0 Å². The Kier molecular flexibility index (Phi) is 6.30. The van der Waals surface area contributed by atoms with Gasteiger partial charge in [0.1, 0.15) is 17.5 Å². The van der Waals surface area contributed by atoms with Crippen molar-refractivity contribution in [1.82, 2.24) is 10.3 Å². The Morgan fingerprint density at radius 3 is 2.48 bits per heavy atom. The lowest BCUT2D eigenvalue weighted by Crippen LogP contribution is -2.49. The lowest BCUT2D eigenvalue weighted by atomic mass is 9.98. The van der Waals surface area contributed by atoms with E-state index in [4.69, 9.17) is 4.98 Å². The van der Waals surface area contributed by atoms with Gasteiger partial charge in [-0.25, -0.2) is 4.98 Å². The number of aromatic hydroxyl groups is 2. The number of hydrogen-bond acceptors (Lipinski definition) is 7. The van der Waals surface area contributed by atoms with Crippen LogP contribution in [0.3, 0.4) is 0 Å². The summed E-state index contributed by atoms with van der Waals surface area (Å²) in [4.78, 5) is 7.04. The van der Waals surface area contributed by atoms with Gasteiger partial charge in [0.15, 0.2) is 11.5 Å². The molecule has 4 rings (SSSR count). The van der Waals surface area contributed by atoms with Gasteiger partial charge in [0.05, 0.1) is 11.2 Å². The van der Waals surface area contributed by atoms with E-state index in [1.807, 2.05) is 24.3 Å². The van der Waals surface area contributed by atoms with Crippen LogP contribution >= 0.6 is 0 Å². The normalized spacial score (nSPS) is 14.9. The molecule has 0 atom stereocenters. The third-order valence-electron chi connectivity index (χ3n) is 5.92. The van der Waals surface area contributed by atoms with Gasteiger partial charge in [-0.05, 0) is 57.4 Å². The van der Waals surface area contributed by atoms with E-state index >= 15 is 0 Å². The van der Waals surface area contributed by atoms with Crippen LogP contribution in [0.5, 0.6) is 11.5 Å². The monoisotopic (exact) mass is 445 g/mol. The van der Waals surface area contributed by atoms with Crippen molar-refractivity contribution < 1.29 is 10.2 Å². The van der Waals surface area contributed by atoms with Gasteiger partial charge < -0.3 is 25.7 Å². The van der Waals surface area contributed by atoms with Crippen LogP contribution in [-0.4, -0.2) is 39.9 Å². The molecular formula is C26H31N5O2. The summed E-state index contributed by atoms with van der Waals surface area (Å²) in [5, 5.41) is 37.4. The Morgan fingerprint density at radius 1 is 1.09 bits per heavy atom. The molecule has 1 aromatic heterocycles. The number of aromatic nitrogens is 1. The number of anilines is 2. The Morgan fingerprint density at radius 2 is 1.82 bits per heavy atom. The molecule has 1 aliphatic heterocycles. The van der Waals surface area contributed by atoms with Crippen LogP contribution in [0.2, 0.25) is 0 Å². The Balaban J connectivity index is 1.64. The molecule has 0 spiro atoms. The molecule has 0 radical (unpaired) electrons. The highest BCUT2D eigenvalue weighted by molar-refractivity contribution is 5.97. The number of phenols is 2. The number of nitriles is 1. The summed E-state index contributed by atoms with van der Waals surface area (Å²) in [6, 6.07) is 15.4. The van der Waals surface area contributed by atoms with Gasteiger partial charge in [0.2, 0.25) is 0 Å². The van der Waals surface area contributed by atoms with E-state index in [0.29, 0.717) is 24.0 Å². The molecule has 0 unspecified atom stereocenters. The molecule has 2 aromatic carbocycles. The summed E-state index contributed by atoms with van der Waals surface area (Å²) in [6.07, 6.45) is 2.02. The summed E-state index contributed by atoms with van der Waals surface area (Å²) >= 11 is 0. The van der Waals surface area contributed by atoms with Gasteiger partial charge >= 0.3 is 0 Å². The number of fused-ring (bicyclic) bond motifs is 1. The van der Waals surface area contributed by atoms with Crippen molar-refractivity contribution >= 4 is 22.4 Å². The molecule has 7 nitrogen and oxygen atoms in total. The summed E-state index contributed by atoms with van der Waals surface area (Å²) in [7, 11) is 0. The maximum Gasteiger partial charge on any atom is 0.157 e. The third-order valence-corrected chi connectivity index (χ3v) is 5.92. The zero-order chi connectivity index (χ0) is 23.6. The molecule has 3 aromatic rings. The van der Waals surface area contributed by atoms with Crippen LogP contribution in [0.15, 0.2) is 42.5 Å². The van der Waals surface area contributed by atoms with E-state index < -0.39 is 0 Å². The van der Waals surface area contributed by atoms with E-state index in [-0.39, 0.29) is 17.0 Å². The minimum atomic E-state index is -0.172. The fraction of sp³-hybridized carbons (Fsp3) is 0.385. The predicted octanol–water partition coefficient (Wildman–Crippen LogP) is 4.49. The van der Waals surface area contributed by atoms with Crippen LogP contribution in [0.4, 0.5) is 11.5 Å². The Hall–Kier alpha value is -3.50. The number of pyridine rings is 1. The number of benzene rings is 2. The first-order valence-electron chi connectivity index (χ1n) is 11.4. The number of nitrogens with zero attached hydrogens (tertiary/aromatic N) is 3. The Labute approximate surface area is 194 Å². The van der Waals surface area contributed by atoms with Gasteiger partial charge in [-0.15, -0.1) is 0 Å². The fourth-order valence-corrected chi connectivity index (χ4v) is 4.48. The third kappa shape index (κ3) is 5.12. The molecule has 172 valence electrons. The topological polar surface area (TPSA) is 104 Å². The molecule has 0 aliphatic carbocycles. The van der Waals surface area contributed by atoms with Gasteiger partial charge in [-0.3, -0.25) is 0 Å². The first-order valence-corrected chi connectivity index (χ1v) is 11.4. The van der Waals surface area contributed by atoms with E-state index in [0.717, 1.165) is 48.1 Å². The van der Waals surface area contributed by atoms with Gasteiger partial charge in [-0.2, -0.15) is 5.26 Å². The molecule has 0 saturated carbocycles. The van der Waals surface area contributed by atoms with Crippen molar-refractivity contribution in [3.63, 3.8) is 0 Å². The highest BCUT2D eigenvalue weighted by Gasteiger charge is 2.27. The second kappa shape index (κ2) is 9.16. The first kappa shape index (κ1) is 22.7. The summed E-state index contributed by atoms with van der Waals surface area (Å²) in [5.41, 5.74) is 3.14. The smallest absolute Gasteiger partial charge is 0.157 e. The second-order valence-electron chi connectivity index (χ2n) is 9.65. The molecule has 2 heterocycles. The van der Waals surface area contributed by atoms with Crippen LogP contribution in [0, 0.1) is 11.3 Å². The SMILES string of the molecule is CC(C)(C)NC1CCN(c2c(C#N)c(NCc3ccc(O)c(O)c3)nc3ccccc23)CC1. The molecule has 1 fully saturated rings. The highest BCUT2D eigenvalue weighted by Crippen LogP contribution is 2.36. The average Bonchev–Trinajstić information content (AvgIpc) is 2.78. The number of nitrogens with one attached hydrogen (secondary N) is 2. The minimum absolute atomic E-state index is 0.0771. The van der Waals surface area contributed by atoms with Crippen molar-refractivity contribution in [2.75, 3.05) is 23.3 Å². The van der Waals surface area contributed by atoms with Crippen LogP contribution in [-0.2, 0) is 6.54 Å². The van der Waals surface area contributed by atoms with E-state index in [9.17, 15) is 15.5 Å². The number of piperidine rings is 1. The number of rotatable bonds is 5. The number of para-hydroxylation sites is 1. The van der Waals surface area contributed by atoms with E-state index in [1.165, 1.54) is 12.1 Å². The molecule has 7 heteroatoms. The molecule has 0 bridgehead atoms. The maximum absolute atomic E-state index is 10.1. The van der Waals surface area contributed by atoms with Gasteiger partial charge in [0, 0.05) is 36.6 Å². The fourth-order valence-electron chi connectivity index (χ4n) is 4.48. The zero-order valence-electron chi connectivity index (χ0n) is 19.4. The van der Waals surface area contributed by atoms with Crippen molar-refractivity contribution in [1.29, 1.82) is 5.26 Å². The summed E-state index contributed by atoms with van der Waals surface area (Å²) < 4.78 is 0. The van der Waals surface area contributed by atoms with E-state index in [1.54, 1.807) is 6.07 Å². The van der Waals surface area contributed by atoms with Crippen LogP contribution in [0.25, 0.3) is 10.9 Å². The molecule has 0 amide bonds. The van der Waals surface area contributed by atoms with Crippen molar-refractivity contribution in [2.24, 2.45) is 0 Å². The molecule has 33 heavy (non-hydrogen) atoms. The zero-order valence-corrected chi connectivity index (χ0v) is 19.4. The number of hydrogen-bond donors (Lipinski definition) is 4. The second-order valence-corrected chi connectivity index (χ2v) is 9.65. The van der Waals surface area contributed by atoms with Crippen molar-refractivity contribution in [3.8, 4) is 17.6 Å². The predicted molar refractivity (Wildman–Crippen MR) is 132 cm³/mol. The van der Waals surface area contributed by atoms with E-state index in [2.05, 4.69) is 42.4 Å². The average molecular weight is 446 g/mol. The summed E-state index contributed by atoms with van der Waals surface area (Å²) in [6.45, 7) is 8.66. The van der Waals surface area contributed by atoms with Crippen molar-refractivity contribution in [3.05, 3.63) is 53.6 Å². The minimum Gasteiger partial charge on any atom is -0.504 e. The quantitative estimate of drug-likeness (QED) is 0.429. The van der Waals surface area contributed by atoms with Gasteiger partial charge in [-0.1, -0.05) is 24.3 Å². The van der Waals surface area contributed by atoms with Crippen molar-refractivity contribution in [2.45, 2.75) is 51.7 Å². The van der Waals surface area contributed by atoms with Crippen LogP contribution in [0.1, 0.15) is 44.7 Å². The molecule has 1 aliphatic rings. The standard InChI is InChI=1S/C26H31N5O2/c1-26(2,3)30-18-10-12-31(13-11-18)24-19-6-4-5-7-21(19)29-25(20(24)15-27)28-16-17-8-9-22(32)23(33)14-17/h4-9,14,18,30,32-33H,10-13,16H2,1-3H3,(H,28,29). The maximum atomic E-state index is 10.1. The van der Waals surface area contributed by atoms with Crippen LogP contribution < -0.4 is 15.5 Å². The molecule has 1 saturated heterocycles. The largest absolute Gasteiger partial charge is 0.504 e. The molecule has 4 N–H and O–H groups in total. The lowest BCUT2D eigenvalue weighted by Gasteiger charge is -2.38. The molecular weight excluding hydrogens is 414 g/mol. The first-order chi connectivity index (χ1) is 15.7. The summed E-state index contributed by atoms with van der Waals surface area (Å²) in [5.74, 6) is 0.189.